The molecule has 26 heavy (non-hydrogen) atoms. The van der Waals surface area contributed by atoms with Crippen LogP contribution in [0.5, 0.6) is 0 Å². The number of hydrogen-bond donors (Lipinski definition) is 1. The number of nitrogens with zero attached hydrogens (tertiary/aromatic N) is 1. The number of Topliss-reactive ketones (excluding diaryl/α,β-unsaturated/α-hetero) is 1. The van der Waals surface area contributed by atoms with Gasteiger partial charge >= 0.3 is 11.9 Å². The van der Waals surface area contributed by atoms with Gasteiger partial charge in [-0.3, -0.25) is 24.5 Å². The van der Waals surface area contributed by atoms with Gasteiger partial charge in [-0.1, -0.05) is 12.1 Å². The molecule has 1 fully saturated rings. The fourth-order valence-electron chi connectivity index (χ4n) is 3.49. The molecular weight excluding hydrogens is 346 g/mol. The average Bonchev–Trinajstić information content (AvgIpc) is 2.59. The molecule has 2 rings (SSSR count). The highest BCUT2D eigenvalue weighted by molar-refractivity contribution is 6.02. The first-order chi connectivity index (χ1) is 12.1. The second-order valence-corrected chi connectivity index (χ2v) is 6.38. The minimum absolute atomic E-state index is 0.188. The van der Waals surface area contributed by atoms with Crippen molar-refractivity contribution in [1.29, 1.82) is 0 Å². The number of non-ortho nitro benzene ring substituents is 1. The van der Waals surface area contributed by atoms with Gasteiger partial charge in [-0.2, -0.15) is 0 Å². The summed E-state index contributed by atoms with van der Waals surface area (Å²) in [5, 5.41) is 21.5. The van der Waals surface area contributed by atoms with E-state index in [1.807, 2.05) is 0 Å². The zero-order valence-corrected chi connectivity index (χ0v) is 14.5. The number of nitro benzene ring substituents is 1. The van der Waals surface area contributed by atoms with Crippen molar-refractivity contribution in [2.24, 2.45) is 11.8 Å². The van der Waals surface area contributed by atoms with E-state index in [1.54, 1.807) is 0 Å². The van der Waals surface area contributed by atoms with Crippen LogP contribution in [-0.4, -0.2) is 47.6 Å². The largest absolute Gasteiger partial charge is 0.469 e. The number of hydrogen-bond acceptors (Lipinski definition) is 8. The van der Waals surface area contributed by atoms with Crippen LogP contribution < -0.4 is 0 Å². The maximum absolute atomic E-state index is 12.5. The Hall–Kier alpha value is -2.81. The van der Waals surface area contributed by atoms with Gasteiger partial charge in [0.25, 0.3) is 5.69 Å². The Kier molecular flexibility index (Phi) is 5.41. The molecule has 1 N–H and O–H groups in total. The minimum Gasteiger partial charge on any atom is -0.469 e. The summed E-state index contributed by atoms with van der Waals surface area (Å²) >= 11 is 0. The van der Waals surface area contributed by atoms with Crippen molar-refractivity contribution in [3.05, 3.63) is 39.9 Å². The Morgan fingerprint density at radius 2 is 1.73 bits per heavy atom. The van der Waals surface area contributed by atoms with Crippen molar-refractivity contribution in [1.82, 2.24) is 0 Å². The van der Waals surface area contributed by atoms with E-state index in [4.69, 9.17) is 9.47 Å². The molecule has 0 unspecified atom stereocenters. The predicted molar refractivity (Wildman–Crippen MR) is 87.1 cm³/mol. The average molecular weight is 365 g/mol. The third-order valence-electron chi connectivity index (χ3n) is 4.67. The van der Waals surface area contributed by atoms with E-state index in [0.29, 0.717) is 5.56 Å². The van der Waals surface area contributed by atoms with Crippen LogP contribution in [0.3, 0.4) is 0 Å². The zero-order valence-electron chi connectivity index (χ0n) is 14.5. The van der Waals surface area contributed by atoms with Gasteiger partial charge in [0.1, 0.15) is 5.92 Å². The molecule has 0 saturated heterocycles. The summed E-state index contributed by atoms with van der Waals surface area (Å²) in [5.41, 5.74) is -1.62. The second-order valence-electron chi connectivity index (χ2n) is 6.38. The van der Waals surface area contributed by atoms with E-state index in [2.05, 4.69) is 0 Å². The van der Waals surface area contributed by atoms with Gasteiger partial charge in [-0.25, -0.2) is 0 Å². The first kappa shape index (κ1) is 19.5. The fourth-order valence-corrected chi connectivity index (χ4v) is 3.49. The first-order valence-electron chi connectivity index (χ1n) is 7.79. The van der Waals surface area contributed by atoms with Crippen molar-refractivity contribution >= 4 is 23.4 Å². The van der Waals surface area contributed by atoms with Crippen LogP contribution in [0.2, 0.25) is 0 Å². The summed E-state index contributed by atoms with van der Waals surface area (Å²) in [6.07, 6.45) is -0.421. The van der Waals surface area contributed by atoms with Crippen LogP contribution in [0.15, 0.2) is 24.3 Å². The maximum atomic E-state index is 12.5. The molecule has 1 aromatic rings. The molecule has 0 radical (unpaired) electrons. The van der Waals surface area contributed by atoms with Gasteiger partial charge in [0.15, 0.2) is 5.78 Å². The molecule has 1 aromatic carbocycles. The van der Waals surface area contributed by atoms with Crippen molar-refractivity contribution in [3.8, 4) is 0 Å². The normalized spacial score (nSPS) is 28.3. The number of aliphatic hydroxyl groups is 1. The van der Waals surface area contributed by atoms with Gasteiger partial charge in [0.05, 0.1) is 30.7 Å². The van der Waals surface area contributed by atoms with E-state index in [-0.39, 0.29) is 5.69 Å². The number of rotatable bonds is 4. The highest BCUT2D eigenvalue weighted by atomic mass is 16.6. The monoisotopic (exact) mass is 365 g/mol. The van der Waals surface area contributed by atoms with Gasteiger partial charge in [0.2, 0.25) is 0 Å². The lowest BCUT2D eigenvalue weighted by Crippen LogP contribution is -2.55. The Bertz CT molecular complexity index is 740. The highest BCUT2D eigenvalue weighted by Gasteiger charge is 2.56. The number of carbonyl (C=O) groups is 3. The molecule has 140 valence electrons. The lowest BCUT2D eigenvalue weighted by molar-refractivity contribution is -0.384. The quantitative estimate of drug-likeness (QED) is 0.361. The van der Waals surface area contributed by atoms with Crippen LogP contribution in [0.25, 0.3) is 0 Å². The van der Waals surface area contributed by atoms with Gasteiger partial charge < -0.3 is 14.6 Å². The number of esters is 2. The summed E-state index contributed by atoms with van der Waals surface area (Å²) < 4.78 is 9.47. The lowest BCUT2D eigenvalue weighted by Gasteiger charge is -2.43. The van der Waals surface area contributed by atoms with Gasteiger partial charge in [0, 0.05) is 24.5 Å². The van der Waals surface area contributed by atoms with Gasteiger partial charge in [-0.15, -0.1) is 0 Å². The molecule has 9 heteroatoms. The molecule has 0 aromatic heterocycles. The molecule has 0 spiro atoms. The number of methoxy groups -OCH3 is 2. The molecule has 1 saturated carbocycles. The summed E-state index contributed by atoms with van der Waals surface area (Å²) in [4.78, 5) is 47.3. The highest BCUT2D eigenvalue weighted by Crippen LogP contribution is 2.46. The molecule has 0 aliphatic heterocycles. The molecule has 9 nitrogen and oxygen atoms in total. The lowest BCUT2D eigenvalue weighted by atomic mass is 9.62. The topological polar surface area (TPSA) is 133 Å². The molecule has 0 heterocycles. The van der Waals surface area contributed by atoms with Crippen molar-refractivity contribution < 1.29 is 33.9 Å². The summed E-state index contributed by atoms with van der Waals surface area (Å²) in [7, 11) is 2.25. The Morgan fingerprint density at radius 3 is 2.19 bits per heavy atom. The third kappa shape index (κ3) is 3.43. The van der Waals surface area contributed by atoms with E-state index in [1.165, 1.54) is 31.2 Å². The van der Waals surface area contributed by atoms with Crippen molar-refractivity contribution in [2.75, 3.05) is 14.2 Å². The fraction of sp³-hybridized carbons (Fsp3) is 0.471. The smallest absolute Gasteiger partial charge is 0.316 e. The predicted octanol–water partition coefficient (Wildman–Crippen LogP) is 0.981. The minimum atomic E-state index is -1.75. The Morgan fingerprint density at radius 1 is 1.19 bits per heavy atom. The van der Waals surface area contributed by atoms with Crippen molar-refractivity contribution in [3.63, 3.8) is 0 Å². The van der Waals surface area contributed by atoms with E-state index in [0.717, 1.165) is 14.2 Å². The molecule has 0 bridgehead atoms. The van der Waals surface area contributed by atoms with E-state index in [9.17, 15) is 29.6 Å². The van der Waals surface area contributed by atoms with Crippen molar-refractivity contribution in [2.45, 2.75) is 24.9 Å². The van der Waals surface area contributed by atoms with Crippen LogP contribution in [0.1, 0.15) is 24.8 Å². The Labute approximate surface area is 149 Å². The molecule has 1 aliphatic rings. The van der Waals surface area contributed by atoms with Gasteiger partial charge in [-0.05, 0) is 12.5 Å². The van der Waals surface area contributed by atoms with Crippen LogP contribution >= 0.6 is 0 Å². The van der Waals surface area contributed by atoms with E-state index >= 15 is 0 Å². The summed E-state index contributed by atoms with van der Waals surface area (Å²) in [5.74, 6) is -5.85. The summed E-state index contributed by atoms with van der Waals surface area (Å²) in [6.45, 7) is 1.32. The molecular formula is C17H19NO8. The maximum Gasteiger partial charge on any atom is 0.316 e. The van der Waals surface area contributed by atoms with Crippen LogP contribution in [0, 0.1) is 22.0 Å². The van der Waals surface area contributed by atoms with Crippen LogP contribution in [-0.2, 0) is 23.9 Å². The SMILES string of the molecule is COC(=O)[C@@H]1C(=O)C[C@](C)(O)[C@H](C(=O)OC)[C@H]1c1ccc([N+](=O)[O-])cc1. The second kappa shape index (κ2) is 7.20. The number of benzene rings is 1. The zero-order chi connectivity index (χ0) is 19.6. The molecule has 1 aliphatic carbocycles. The number of ether oxygens (including phenoxy) is 2. The van der Waals surface area contributed by atoms with Crippen LogP contribution in [0.4, 0.5) is 5.69 Å². The number of nitro groups is 1. The number of ketones is 1. The Balaban J connectivity index is 2.62. The number of carbonyl (C=O) groups excluding carboxylic acids is 3. The standard InChI is InChI=1S/C17H19NO8/c1-17(22)8-11(19)13(15(20)25-2)12(14(17)16(21)26-3)9-4-6-10(7-5-9)18(23)24/h4-7,12-14,22H,8H2,1-3H3/t12-,13+,14-,17-/m0/s1. The van der Waals surface area contributed by atoms with E-state index < -0.39 is 52.4 Å². The summed E-state index contributed by atoms with van der Waals surface area (Å²) in [6, 6.07) is 5.10. The molecule has 4 atom stereocenters. The first-order valence-corrected chi connectivity index (χ1v) is 7.79. The third-order valence-corrected chi connectivity index (χ3v) is 4.67. The molecule has 0 amide bonds.